The SMILES string of the molecule is C[C@]12CC[C@H](O)CC1=CC[C@@H]1[C@@H]2CC[C@]2(C)C3=NN(c4ccccc4)CC3C[C@@H]12. The molecule has 1 unspecified atom stereocenters. The van der Waals surface area contributed by atoms with Crippen LogP contribution in [0.25, 0.3) is 0 Å². The molecule has 1 N–H and O–H groups in total. The van der Waals surface area contributed by atoms with Crippen molar-refractivity contribution in [3.8, 4) is 0 Å². The summed E-state index contributed by atoms with van der Waals surface area (Å²) in [4.78, 5) is 0. The number of hydrogen-bond donors (Lipinski definition) is 1. The van der Waals surface area contributed by atoms with Crippen LogP contribution >= 0.6 is 0 Å². The van der Waals surface area contributed by atoms with Crippen LogP contribution < -0.4 is 5.01 Å². The second-order valence-corrected chi connectivity index (χ2v) is 10.9. The summed E-state index contributed by atoms with van der Waals surface area (Å²) in [6.07, 6.45) is 10.7. The van der Waals surface area contributed by atoms with Gasteiger partial charge in [-0.05, 0) is 80.2 Å². The van der Waals surface area contributed by atoms with Crippen LogP contribution in [0.2, 0.25) is 0 Å². The summed E-state index contributed by atoms with van der Waals surface area (Å²) < 4.78 is 0. The van der Waals surface area contributed by atoms with Gasteiger partial charge in [-0.2, -0.15) is 5.10 Å². The molecule has 3 fully saturated rings. The molecule has 4 aliphatic carbocycles. The van der Waals surface area contributed by atoms with Gasteiger partial charge in [-0.25, -0.2) is 0 Å². The van der Waals surface area contributed by atoms with Crippen LogP contribution in [-0.4, -0.2) is 23.5 Å². The van der Waals surface area contributed by atoms with Crippen molar-refractivity contribution in [2.75, 3.05) is 11.6 Å². The van der Waals surface area contributed by atoms with Crippen molar-refractivity contribution < 1.29 is 5.11 Å². The molecule has 1 heterocycles. The van der Waals surface area contributed by atoms with Gasteiger partial charge in [0.1, 0.15) is 0 Å². The quantitative estimate of drug-likeness (QED) is 0.651. The first-order valence-electron chi connectivity index (χ1n) is 11.8. The second kappa shape index (κ2) is 6.20. The van der Waals surface area contributed by atoms with E-state index < -0.39 is 0 Å². The van der Waals surface area contributed by atoms with Crippen molar-refractivity contribution in [3.05, 3.63) is 42.0 Å². The molecule has 29 heavy (non-hydrogen) atoms. The summed E-state index contributed by atoms with van der Waals surface area (Å²) >= 11 is 0. The summed E-state index contributed by atoms with van der Waals surface area (Å²) in [7, 11) is 0. The van der Waals surface area contributed by atoms with Crippen molar-refractivity contribution in [3.63, 3.8) is 0 Å². The topological polar surface area (TPSA) is 35.8 Å². The molecule has 3 nitrogen and oxygen atoms in total. The number of rotatable bonds is 1. The van der Waals surface area contributed by atoms with Crippen LogP contribution in [0.1, 0.15) is 58.8 Å². The zero-order valence-electron chi connectivity index (χ0n) is 17.8. The lowest BCUT2D eigenvalue weighted by Crippen LogP contribution is -2.50. The van der Waals surface area contributed by atoms with Crippen molar-refractivity contribution in [1.82, 2.24) is 0 Å². The van der Waals surface area contributed by atoms with Gasteiger partial charge in [-0.1, -0.05) is 43.7 Å². The van der Waals surface area contributed by atoms with Gasteiger partial charge in [0.15, 0.2) is 0 Å². The standard InChI is InChI=1S/C26H34N2O/c1-25-12-10-20(29)15-18(25)8-9-21-22(25)11-13-26(2)23(21)14-17-16-28(27-24(17)26)19-6-4-3-5-7-19/h3-8,17,20-23,29H,9-16H2,1-2H3/t17?,20-,21+,22-,23-,25-,26-/m0/s1. The largest absolute Gasteiger partial charge is 0.393 e. The van der Waals surface area contributed by atoms with Crippen LogP contribution in [0.15, 0.2) is 47.1 Å². The van der Waals surface area contributed by atoms with Crippen LogP contribution in [0.5, 0.6) is 0 Å². The van der Waals surface area contributed by atoms with E-state index in [0.29, 0.717) is 11.3 Å². The Hall–Kier alpha value is -1.61. The molecule has 0 amide bonds. The number of aliphatic hydroxyl groups excluding tert-OH is 1. The maximum atomic E-state index is 10.2. The molecule has 0 aromatic heterocycles. The highest BCUT2D eigenvalue weighted by Gasteiger charge is 2.61. The third-order valence-corrected chi connectivity index (χ3v) is 9.65. The Kier molecular flexibility index (Phi) is 3.89. The van der Waals surface area contributed by atoms with Crippen LogP contribution in [0.4, 0.5) is 5.69 Å². The van der Waals surface area contributed by atoms with E-state index >= 15 is 0 Å². The van der Waals surface area contributed by atoms with Crippen molar-refractivity contribution in [1.29, 1.82) is 0 Å². The number of aliphatic hydroxyl groups is 1. The first-order chi connectivity index (χ1) is 14.0. The first-order valence-corrected chi connectivity index (χ1v) is 11.8. The van der Waals surface area contributed by atoms with Crippen LogP contribution in [0, 0.1) is 34.5 Å². The fourth-order valence-electron chi connectivity index (χ4n) is 8.10. The molecule has 1 aromatic carbocycles. The highest BCUT2D eigenvalue weighted by Crippen LogP contribution is 2.65. The van der Waals surface area contributed by atoms with Crippen molar-refractivity contribution >= 4 is 11.4 Å². The average Bonchev–Trinajstić information content (AvgIpc) is 3.27. The van der Waals surface area contributed by atoms with E-state index in [-0.39, 0.29) is 11.5 Å². The number of hydrazone groups is 1. The molecule has 0 bridgehead atoms. The molecular formula is C26H34N2O. The highest BCUT2D eigenvalue weighted by atomic mass is 16.3. The van der Waals surface area contributed by atoms with E-state index in [2.05, 4.69) is 55.3 Å². The number of fused-ring (bicyclic) bond motifs is 7. The third kappa shape index (κ3) is 2.49. The molecule has 1 aromatic rings. The summed E-state index contributed by atoms with van der Waals surface area (Å²) in [5.41, 5.74) is 4.93. The molecule has 6 rings (SSSR count). The van der Waals surface area contributed by atoms with E-state index in [4.69, 9.17) is 5.10 Å². The lowest BCUT2D eigenvalue weighted by Gasteiger charge is -2.57. The van der Waals surface area contributed by atoms with Gasteiger partial charge in [-0.15, -0.1) is 0 Å². The summed E-state index contributed by atoms with van der Waals surface area (Å²) in [6, 6.07) is 10.7. The predicted molar refractivity (Wildman–Crippen MR) is 118 cm³/mol. The highest BCUT2D eigenvalue weighted by molar-refractivity contribution is 5.97. The molecule has 1 aliphatic heterocycles. The second-order valence-electron chi connectivity index (χ2n) is 10.9. The van der Waals surface area contributed by atoms with E-state index in [1.54, 1.807) is 5.57 Å². The maximum Gasteiger partial charge on any atom is 0.0594 e. The van der Waals surface area contributed by atoms with Gasteiger partial charge in [0, 0.05) is 23.6 Å². The number of para-hydroxylation sites is 1. The molecule has 5 aliphatic rings. The molecule has 0 saturated heterocycles. The zero-order chi connectivity index (χ0) is 19.8. The summed E-state index contributed by atoms with van der Waals surface area (Å²) in [5.74, 6) is 3.02. The van der Waals surface area contributed by atoms with Gasteiger partial charge >= 0.3 is 0 Å². The van der Waals surface area contributed by atoms with Crippen molar-refractivity contribution in [2.45, 2.75) is 64.9 Å². The van der Waals surface area contributed by atoms with Gasteiger partial charge in [0.2, 0.25) is 0 Å². The lowest BCUT2D eigenvalue weighted by molar-refractivity contribution is -0.0220. The van der Waals surface area contributed by atoms with Gasteiger partial charge in [0.25, 0.3) is 0 Å². The zero-order valence-corrected chi connectivity index (χ0v) is 17.8. The molecule has 3 heteroatoms. The van der Waals surface area contributed by atoms with Crippen LogP contribution in [-0.2, 0) is 0 Å². The minimum atomic E-state index is -0.108. The monoisotopic (exact) mass is 390 g/mol. The van der Waals surface area contributed by atoms with Gasteiger partial charge in [-0.3, -0.25) is 5.01 Å². The van der Waals surface area contributed by atoms with Crippen molar-refractivity contribution in [2.24, 2.45) is 39.6 Å². The number of nitrogens with zero attached hydrogens (tertiary/aromatic N) is 2. The molecule has 154 valence electrons. The van der Waals surface area contributed by atoms with Crippen LogP contribution in [0.3, 0.4) is 0 Å². The Morgan fingerprint density at radius 1 is 1.03 bits per heavy atom. The van der Waals surface area contributed by atoms with E-state index in [1.807, 2.05) is 0 Å². The number of allylic oxidation sites excluding steroid dienone is 1. The fraction of sp³-hybridized carbons (Fsp3) is 0.654. The number of anilines is 1. The average molecular weight is 391 g/mol. The molecule has 3 saturated carbocycles. The third-order valence-electron chi connectivity index (χ3n) is 9.65. The van der Waals surface area contributed by atoms with E-state index in [0.717, 1.165) is 37.1 Å². The summed E-state index contributed by atoms with van der Waals surface area (Å²) in [5, 5.41) is 17.7. The van der Waals surface area contributed by atoms with E-state index in [1.165, 1.54) is 43.5 Å². The molecular weight excluding hydrogens is 356 g/mol. The predicted octanol–water partition coefficient (Wildman–Crippen LogP) is 5.41. The minimum absolute atomic E-state index is 0.108. The van der Waals surface area contributed by atoms with Gasteiger partial charge < -0.3 is 5.11 Å². The molecule has 7 atom stereocenters. The minimum Gasteiger partial charge on any atom is -0.393 e. The van der Waals surface area contributed by atoms with E-state index in [9.17, 15) is 5.11 Å². The fourth-order valence-corrected chi connectivity index (χ4v) is 8.10. The first kappa shape index (κ1) is 18.2. The Bertz CT molecular complexity index is 876. The maximum absolute atomic E-state index is 10.2. The Morgan fingerprint density at radius 2 is 1.83 bits per heavy atom. The smallest absolute Gasteiger partial charge is 0.0594 e. The normalized spacial score (nSPS) is 45.6. The molecule has 0 radical (unpaired) electrons. The summed E-state index contributed by atoms with van der Waals surface area (Å²) in [6.45, 7) is 6.12. The Balaban J connectivity index is 1.31. The number of hydrogen-bond acceptors (Lipinski definition) is 3. The van der Waals surface area contributed by atoms with Gasteiger partial charge in [0.05, 0.1) is 11.8 Å². The Labute approximate surface area is 174 Å². The lowest BCUT2D eigenvalue weighted by atomic mass is 9.48. The Morgan fingerprint density at radius 3 is 2.66 bits per heavy atom. The molecule has 0 spiro atoms. The number of benzene rings is 1.